The van der Waals surface area contributed by atoms with Crippen molar-refractivity contribution in [3.63, 3.8) is 0 Å². The van der Waals surface area contributed by atoms with E-state index in [1.54, 1.807) is 12.1 Å². The van der Waals surface area contributed by atoms with Gasteiger partial charge in [0.1, 0.15) is 0 Å². The summed E-state index contributed by atoms with van der Waals surface area (Å²) in [4.78, 5) is 11.2. The van der Waals surface area contributed by atoms with Crippen molar-refractivity contribution in [2.24, 2.45) is 0 Å². The van der Waals surface area contributed by atoms with E-state index in [0.717, 1.165) is 0 Å². The molecule has 1 aromatic rings. The van der Waals surface area contributed by atoms with Crippen molar-refractivity contribution in [1.82, 2.24) is 0 Å². The largest absolute Gasteiger partial charge is 0.504 e. The number of rotatable bonds is 4. The fraction of sp³-hybridized carbons (Fsp3) is 0.300. The highest BCUT2D eigenvalue weighted by molar-refractivity contribution is 6.19. The minimum atomic E-state index is -0.186. The van der Waals surface area contributed by atoms with E-state index in [1.165, 1.54) is 13.2 Å². The summed E-state index contributed by atoms with van der Waals surface area (Å²) in [5, 5.41) is 12.0. The van der Waals surface area contributed by atoms with Crippen LogP contribution in [0, 0.1) is 0 Å². The van der Waals surface area contributed by atoms with Gasteiger partial charge in [0.2, 0.25) is 5.91 Å². The molecule has 0 heterocycles. The average molecular weight is 230 g/mol. The van der Waals surface area contributed by atoms with Gasteiger partial charge in [-0.2, -0.15) is 0 Å². The predicted octanol–water partition coefficient (Wildman–Crippen LogP) is 1.97. The highest BCUT2D eigenvalue weighted by atomic mass is 35.5. The summed E-state index contributed by atoms with van der Waals surface area (Å²) in [6.07, 6.45) is 0.244. The van der Waals surface area contributed by atoms with Gasteiger partial charge in [-0.25, -0.2) is 0 Å². The van der Waals surface area contributed by atoms with Gasteiger partial charge in [-0.3, -0.25) is 4.79 Å². The number of amides is 1. The number of benzene rings is 1. The molecule has 2 N–H and O–H groups in total. The van der Waals surface area contributed by atoms with Crippen LogP contribution in [0.25, 0.3) is 0 Å². The molecular formula is C10H12ClNO3. The second-order valence-electron chi connectivity index (χ2n) is 2.87. The van der Waals surface area contributed by atoms with Crippen LogP contribution in [-0.4, -0.2) is 24.0 Å². The lowest BCUT2D eigenvalue weighted by Crippen LogP contribution is -2.11. The third-order valence-corrected chi connectivity index (χ3v) is 1.97. The smallest absolute Gasteiger partial charge is 0.225 e. The van der Waals surface area contributed by atoms with E-state index in [-0.39, 0.29) is 24.0 Å². The summed E-state index contributed by atoms with van der Waals surface area (Å²) < 4.78 is 4.87. The number of carbonyl (C=O) groups excluding carboxylic acids is 1. The van der Waals surface area contributed by atoms with Crippen molar-refractivity contribution in [3.8, 4) is 11.5 Å². The minimum absolute atomic E-state index is 0.0128. The zero-order chi connectivity index (χ0) is 11.3. The molecule has 0 aliphatic rings. The van der Waals surface area contributed by atoms with Crippen LogP contribution in [0.2, 0.25) is 0 Å². The summed E-state index contributed by atoms with van der Waals surface area (Å²) >= 11 is 5.41. The van der Waals surface area contributed by atoms with Crippen molar-refractivity contribution in [2.45, 2.75) is 6.42 Å². The number of alkyl halides is 1. The lowest BCUT2D eigenvalue weighted by molar-refractivity contribution is -0.115. The third-order valence-electron chi connectivity index (χ3n) is 1.78. The molecule has 5 heteroatoms. The van der Waals surface area contributed by atoms with Crippen LogP contribution in [0.1, 0.15) is 6.42 Å². The number of carbonyl (C=O) groups is 1. The number of phenols is 1. The second kappa shape index (κ2) is 5.46. The van der Waals surface area contributed by atoms with Crippen LogP contribution in [-0.2, 0) is 4.79 Å². The lowest BCUT2D eigenvalue weighted by Gasteiger charge is -2.07. The molecule has 0 unspecified atom stereocenters. The molecular weight excluding hydrogens is 218 g/mol. The highest BCUT2D eigenvalue weighted by Gasteiger charge is 2.05. The molecule has 0 saturated heterocycles. The number of nitrogens with one attached hydrogen (secondary N) is 1. The Kier molecular flexibility index (Phi) is 4.24. The van der Waals surface area contributed by atoms with E-state index >= 15 is 0 Å². The number of halogens is 1. The molecule has 0 spiro atoms. The first-order valence-electron chi connectivity index (χ1n) is 4.40. The lowest BCUT2D eigenvalue weighted by atomic mass is 10.2. The van der Waals surface area contributed by atoms with Crippen LogP contribution >= 0.6 is 11.6 Å². The van der Waals surface area contributed by atoms with Gasteiger partial charge in [0, 0.05) is 24.1 Å². The fourth-order valence-electron chi connectivity index (χ4n) is 1.08. The first-order chi connectivity index (χ1) is 7.17. The Morgan fingerprint density at radius 2 is 2.33 bits per heavy atom. The van der Waals surface area contributed by atoms with Crippen LogP contribution in [0.4, 0.5) is 5.69 Å². The first kappa shape index (κ1) is 11.7. The van der Waals surface area contributed by atoms with Crippen LogP contribution < -0.4 is 10.1 Å². The Balaban J connectivity index is 2.71. The first-order valence-corrected chi connectivity index (χ1v) is 4.93. The van der Waals surface area contributed by atoms with Crippen molar-refractivity contribution in [2.75, 3.05) is 18.3 Å². The summed E-state index contributed by atoms with van der Waals surface area (Å²) in [6.45, 7) is 0. The molecule has 0 saturated carbocycles. The maximum Gasteiger partial charge on any atom is 0.225 e. The van der Waals surface area contributed by atoms with Gasteiger partial charge in [0.25, 0.3) is 0 Å². The molecule has 1 rings (SSSR count). The van der Waals surface area contributed by atoms with Crippen LogP contribution in [0.15, 0.2) is 18.2 Å². The van der Waals surface area contributed by atoms with Crippen LogP contribution in [0.3, 0.4) is 0 Å². The molecule has 1 aromatic carbocycles. The van der Waals surface area contributed by atoms with Crippen molar-refractivity contribution in [3.05, 3.63) is 18.2 Å². The monoisotopic (exact) mass is 229 g/mol. The van der Waals surface area contributed by atoms with E-state index in [1.807, 2.05) is 0 Å². The predicted molar refractivity (Wildman–Crippen MR) is 58.6 cm³/mol. The number of anilines is 1. The molecule has 15 heavy (non-hydrogen) atoms. The molecule has 0 aliphatic heterocycles. The van der Waals surface area contributed by atoms with Gasteiger partial charge < -0.3 is 15.2 Å². The van der Waals surface area contributed by atoms with E-state index in [0.29, 0.717) is 11.4 Å². The maximum absolute atomic E-state index is 11.2. The van der Waals surface area contributed by atoms with Gasteiger partial charge in [-0.1, -0.05) is 0 Å². The van der Waals surface area contributed by atoms with Gasteiger partial charge in [-0.05, 0) is 12.1 Å². The highest BCUT2D eigenvalue weighted by Crippen LogP contribution is 2.28. The molecule has 0 atom stereocenters. The zero-order valence-electron chi connectivity index (χ0n) is 8.29. The molecule has 0 radical (unpaired) electrons. The quantitative estimate of drug-likeness (QED) is 0.776. The third kappa shape index (κ3) is 3.32. The van der Waals surface area contributed by atoms with Gasteiger partial charge in [-0.15, -0.1) is 11.6 Å². The van der Waals surface area contributed by atoms with E-state index in [2.05, 4.69) is 5.32 Å². The fourth-order valence-corrected chi connectivity index (χ4v) is 1.25. The molecule has 0 aromatic heterocycles. The van der Waals surface area contributed by atoms with E-state index in [9.17, 15) is 9.90 Å². The Labute approximate surface area is 92.8 Å². The number of hydrogen-bond acceptors (Lipinski definition) is 3. The molecule has 4 nitrogen and oxygen atoms in total. The van der Waals surface area contributed by atoms with Crippen molar-refractivity contribution in [1.29, 1.82) is 0 Å². The number of aromatic hydroxyl groups is 1. The molecule has 1 amide bonds. The van der Waals surface area contributed by atoms with Crippen molar-refractivity contribution < 1.29 is 14.6 Å². The number of ether oxygens (including phenoxy) is 1. The summed E-state index contributed by atoms with van der Waals surface area (Å²) in [6, 6.07) is 4.64. The topological polar surface area (TPSA) is 58.6 Å². The summed E-state index contributed by atoms with van der Waals surface area (Å²) in [5.41, 5.74) is 0.517. The number of methoxy groups -OCH3 is 1. The van der Waals surface area contributed by atoms with Gasteiger partial charge in [0.15, 0.2) is 11.5 Å². The SMILES string of the molecule is COc1ccc(NC(=O)CCCl)cc1O. The summed E-state index contributed by atoms with van der Waals surface area (Å²) in [5.74, 6) is 0.439. The Hall–Kier alpha value is -1.42. The Morgan fingerprint density at radius 3 is 2.87 bits per heavy atom. The number of phenolic OH excluding ortho intramolecular Hbond substituents is 1. The van der Waals surface area contributed by atoms with E-state index < -0.39 is 0 Å². The maximum atomic E-state index is 11.2. The van der Waals surface area contributed by atoms with Gasteiger partial charge in [0.05, 0.1) is 7.11 Å². The zero-order valence-corrected chi connectivity index (χ0v) is 9.04. The molecule has 0 aliphatic carbocycles. The Bertz CT molecular complexity index is 355. The van der Waals surface area contributed by atoms with E-state index in [4.69, 9.17) is 16.3 Å². The molecule has 82 valence electrons. The van der Waals surface area contributed by atoms with Crippen molar-refractivity contribution >= 4 is 23.2 Å². The number of hydrogen-bond donors (Lipinski definition) is 2. The standard InChI is InChI=1S/C10H12ClNO3/c1-15-9-3-2-7(6-8(9)13)12-10(14)4-5-11/h2-3,6,13H,4-5H2,1H3,(H,12,14). The molecule has 0 bridgehead atoms. The normalized spacial score (nSPS) is 9.73. The minimum Gasteiger partial charge on any atom is -0.504 e. The van der Waals surface area contributed by atoms with Crippen LogP contribution in [0.5, 0.6) is 11.5 Å². The Morgan fingerprint density at radius 1 is 1.60 bits per heavy atom. The summed E-state index contributed by atoms with van der Waals surface area (Å²) in [7, 11) is 1.46. The average Bonchev–Trinajstić information content (AvgIpc) is 2.18. The second-order valence-corrected chi connectivity index (χ2v) is 3.25. The molecule has 0 fully saturated rings. The van der Waals surface area contributed by atoms with Gasteiger partial charge >= 0.3 is 0 Å².